The molecule has 1 aromatic rings. The molecule has 0 spiro atoms. The van der Waals surface area contributed by atoms with Gasteiger partial charge in [0.15, 0.2) is 4.90 Å². The third-order valence-electron chi connectivity index (χ3n) is 1.82. The van der Waals surface area contributed by atoms with Crippen LogP contribution in [0.3, 0.4) is 0 Å². The van der Waals surface area contributed by atoms with Crippen molar-refractivity contribution < 1.29 is 27.3 Å². The summed E-state index contributed by atoms with van der Waals surface area (Å²) in [4.78, 5) is 10.9. The van der Waals surface area contributed by atoms with E-state index in [1.807, 2.05) is 0 Å². The molecule has 0 saturated heterocycles. The first-order valence-electron chi connectivity index (χ1n) is 4.15. The molecule has 1 aromatic carbocycles. The number of hydrogen-bond donors (Lipinski definition) is 0. The van der Waals surface area contributed by atoms with Gasteiger partial charge in [-0.3, -0.25) is 0 Å². The second-order valence-electron chi connectivity index (χ2n) is 2.78. The lowest BCUT2D eigenvalue weighted by Gasteiger charge is -2.13. The first kappa shape index (κ1) is 14.3. The molecule has 0 aliphatic heterocycles. The number of carbonyl (C=O) groups excluding carboxylic acids is 1. The molecule has 0 bridgehead atoms. The van der Waals surface area contributed by atoms with Crippen LogP contribution in [0.15, 0.2) is 21.5 Å². The zero-order valence-electron chi connectivity index (χ0n) is 8.38. The van der Waals surface area contributed by atoms with E-state index in [9.17, 15) is 22.5 Å². The highest BCUT2D eigenvalue weighted by molar-refractivity contribution is 9.10. The Balaban J connectivity index is 3.40. The number of ether oxygens (including phenoxy) is 1. The Hall–Kier alpha value is -0.730. The van der Waals surface area contributed by atoms with Gasteiger partial charge < -0.3 is 9.29 Å². The van der Waals surface area contributed by atoms with E-state index in [0.717, 1.165) is 19.2 Å². The summed E-state index contributed by atoms with van der Waals surface area (Å²) in [5.74, 6) is -5.04. The van der Waals surface area contributed by atoms with Crippen LogP contribution in [-0.4, -0.2) is 23.4 Å². The summed E-state index contributed by atoms with van der Waals surface area (Å²) in [5, 5.41) is 0. The number of halogens is 4. The fourth-order valence-corrected chi connectivity index (χ4v) is 2.51. The van der Waals surface area contributed by atoms with Crippen LogP contribution in [0.1, 0.15) is 10.4 Å². The topological polar surface area (TPSA) is 49.4 Å². The van der Waals surface area contributed by atoms with E-state index in [-0.39, 0.29) is 4.47 Å². The minimum atomic E-state index is -3.17. The quantitative estimate of drug-likeness (QED) is 0.632. The summed E-state index contributed by atoms with van der Waals surface area (Å²) in [6.45, 7) is 0. The first-order valence-corrected chi connectivity index (χ1v) is 6.15. The fourth-order valence-electron chi connectivity index (χ4n) is 1.09. The van der Waals surface area contributed by atoms with Gasteiger partial charge in [-0.1, -0.05) is 0 Å². The van der Waals surface area contributed by atoms with Gasteiger partial charge in [-0.25, -0.2) is 9.18 Å². The molecule has 0 aromatic heterocycles. The number of methoxy groups -OCH3 is 1. The largest absolute Gasteiger partial charge is 0.607 e. The number of benzene rings is 1. The first-order chi connectivity index (χ1) is 7.90. The van der Waals surface area contributed by atoms with Crippen molar-refractivity contribution >= 4 is 33.1 Å². The van der Waals surface area contributed by atoms with Gasteiger partial charge in [0.05, 0.1) is 22.8 Å². The fraction of sp³-hybridized carbons (Fsp3) is 0.222. The normalized spacial score (nSPS) is 12.6. The van der Waals surface area contributed by atoms with E-state index in [1.165, 1.54) is 0 Å². The molecule has 1 atom stereocenters. The third-order valence-corrected chi connectivity index (χ3v) is 3.70. The summed E-state index contributed by atoms with van der Waals surface area (Å²) in [6.07, 6.45) is 0. The monoisotopic (exact) mass is 330 g/mol. The molecule has 94 valence electrons. The Bertz CT molecular complexity index is 442. The molecule has 0 heterocycles. The molecule has 1 rings (SSSR count). The number of esters is 1. The Kier molecular flexibility index (Phi) is 4.84. The second-order valence-corrected chi connectivity index (χ2v) is 4.97. The van der Waals surface area contributed by atoms with Crippen molar-refractivity contribution in [2.75, 3.05) is 7.11 Å². The highest BCUT2D eigenvalue weighted by Gasteiger charge is 2.32. The molecule has 0 amide bonds. The average molecular weight is 331 g/mol. The van der Waals surface area contributed by atoms with Gasteiger partial charge in [-0.15, -0.1) is 0 Å². The summed E-state index contributed by atoms with van der Waals surface area (Å²) in [6, 6.07) is 1.71. The smallest absolute Gasteiger partial charge is 0.402 e. The molecular formula is C9H6BrF3O3S. The maximum Gasteiger partial charge on any atom is 0.402 e. The number of hydrogen-bond acceptors (Lipinski definition) is 3. The summed E-state index contributed by atoms with van der Waals surface area (Å²) < 4.78 is 53.1. The predicted molar refractivity (Wildman–Crippen MR) is 57.9 cm³/mol. The van der Waals surface area contributed by atoms with E-state index < -0.39 is 39.2 Å². The van der Waals surface area contributed by atoms with Crippen molar-refractivity contribution in [2.45, 2.75) is 10.7 Å². The molecule has 0 aliphatic rings. The molecule has 17 heavy (non-hydrogen) atoms. The van der Waals surface area contributed by atoms with Gasteiger partial charge >= 0.3 is 11.7 Å². The highest BCUT2D eigenvalue weighted by atomic mass is 79.9. The maximum absolute atomic E-state index is 13.2. The predicted octanol–water partition coefficient (Wildman–Crippen LogP) is 2.71. The molecule has 1 unspecified atom stereocenters. The zero-order valence-corrected chi connectivity index (χ0v) is 10.8. The number of carbonyl (C=O) groups is 1. The van der Waals surface area contributed by atoms with Gasteiger partial charge in [0.2, 0.25) is 0 Å². The standard InChI is InChI=1S/C9H6BrF3O3S/c1-16-8(14)6-5(17(15)9(12)13)3-2-4(11)7(6)10/h2-3,9H,1H3. The van der Waals surface area contributed by atoms with E-state index >= 15 is 0 Å². The van der Waals surface area contributed by atoms with E-state index in [2.05, 4.69) is 20.7 Å². The Labute approximate surface area is 106 Å². The average Bonchev–Trinajstić information content (AvgIpc) is 2.30. The number of alkyl halides is 2. The molecule has 0 N–H and O–H groups in total. The molecule has 0 radical (unpaired) electrons. The van der Waals surface area contributed by atoms with Crippen LogP contribution < -0.4 is 0 Å². The zero-order chi connectivity index (χ0) is 13.2. The molecule has 0 aliphatic carbocycles. The second kappa shape index (κ2) is 5.74. The lowest BCUT2D eigenvalue weighted by Crippen LogP contribution is -2.17. The van der Waals surface area contributed by atoms with Crippen LogP contribution in [0.2, 0.25) is 0 Å². The van der Waals surface area contributed by atoms with Gasteiger partial charge in [-0.05, 0) is 28.1 Å². The van der Waals surface area contributed by atoms with Gasteiger partial charge in [-0.2, -0.15) is 8.78 Å². The summed E-state index contributed by atoms with van der Waals surface area (Å²) >= 11 is 0.0165. The Morgan fingerprint density at radius 2 is 2.12 bits per heavy atom. The van der Waals surface area contributed by atoms with Crippen molar-refractivity contribution in [3.05, 3.63) is 28.0 Å². The minimum absolute atomic E-state index is 0.351. The summed E-state index contributed by atoms with van der Waals surface area (Å²) in [7, 11) is 1.01. The molecule has 3 nitrogen and oxygen atoms in total. The summed E-state index contributed by atoms with van der Waals surface area (Å²) in [5.41, 5.74) is -0.494. The number of rotatable bonds is 3. The van der Waals surface area contributed by atoms with Crippen molar-refractivity contribution in [3.63, 3.8) is 0 Å². The van der Waals surface area contributed by atoms with Gasteiger partial charge in [0.25, 0.3) is 0 Å². The third kappa shape index (κ3) is 2.93. The minimum Gasteiger partial charge on any atom is -0.607 e. The van der Waals surface area contributed by atoms with Gasteiger partial charge in [0.1, 0.15) is 11.4 Å². The molecular weight excluding hydrogens is 325 g/mol. The van der Waals surface area contributed by atoms with E-state index in [0.29, 0.717) is 0 Å². The van der Waals surface area contributed by atoms with E-state index in [4.69, 9.17) is 0 Å². The van der Waals surface area contributed by atoms with Crippen LogP contribution in [0.5, 0.6) is 0 Å². The molecule has 0 saturated carbocycles. The van der Waals surface area contributed by atoms with Gasteiger partial charge in [0, 0.05) is 0 Å². The van der Waals surface area contributed by atoms with Crippen molar-refractivity contribution in [1.29, 1.82) is 0 Å². The van der Waals surface area contributed by atoms with Crippen LogP contribution in [0, 0.1) is 5.82 Å². The van der Waals surface area contributed by atoms with Crippen LogP contribution in [0.25, 0.3) is 0 Å². The Morgan fingerprint density at radius 1 is 1.53 bits per heavy atom. The molecule has 8 heteroatoms. The van der Waals surface area contributed by atoms with Crippen molar-refractivity contribution in [1.82, 2.24) is 0 Å². The van der Waals surface area contributed by atoms with Crippen LogP contribution in [0.4, 0.5) is 13.2 Å². The Morgan fingerprint density at radius 3 is 2.59 bits per heavy atom. The lowest BCUT2D eigenvalue weighted by molar-refractivity contribution is 0.0594. The van der Waals surface area contributed by atoms with E-state index in [1.54, 1.807) is 0 Å². The van der Waals surface area contributed by atoms with Crippen molar-refractivity contribution in [2.24, 2.45) is 0 Å². The SMILES string of the molecule is COC(=O)c1c([S+]([O-])C(F)F)ccc(F)c1Br. The van der Waals surface area contributed by atoms with Crippen LogP contribution in [-0.2, 0) is 15.9 Å². The lowest BCUT2D eigenvalue weighted by atomic mass is 10.2. The van der Waals surface area contributed by atoms with Crippen molar-refractivity contribution in [3.8, 4) is 0 Å². The van der Waals surface area contributed by atoms with Crippen LogP contribution >= 0.6 is 15.9 Å². The maximum atomic E-state index is 13.2. The molecule has 0 fully saturated rings. The highest BCUT2D eigenvalue weighted by Crippen LogP contribution is 2.30.